The number of hydrogen-bond acceptors (Lipinski definition) is 8. The van der Waals surface area contributed by atoms with E-state index < -0.39 is 12.0 Å². The smallest absolute Gasteiger partial charge is 0.326 e. The van der Waals surface area contributed by atoms with E-state index in [1.54, 1.807) is 0 Å². The van der Waals surface area contributed by atoms with Crippen LogP contribution in [0.25, 0.3) is 0 Å². The number of hydrogen-bond donors (Lipinski definition) is 4. The molecule has 0 heterocycles. The van der Waals surface area contributed by atoms with Crippen LogP contribution in [0.15, 0.2) is 0 Å². The Bertz CT molecular complexity index is 508. The van der Waals surface area contributed by atoms with Gasteiger partial charge in [0.1, 0.15) is 6.04 Å². The van der Waals surface area contributed by atoms with Crippen LogP contribution in [0.5, 0.6) is 0 Å². The Kier molecular flexibility index (Phi) is 22.1. The van der Waals surface area contributed by atoms with Crippen molar-refractivity contribution in [3.05, 3.63) is 0 Å². The molecule has 0 aliphatic heterocycles. The lowest BCUT2D eigenvalue weighted by molar-refractivity contribution is -0.142. The predicted octanol–water partition coefficient (Wildman–Crippen LogP) is 0.448. The standard InChI is InChI=1S/C22H43N3O8/c1-2-3-7-20(26)24-10-12-31-14-16-33-18-17-32-15-13-30-11-8-21(27)25-19(22(28)29)6-4-5-9-23/h19H,2-18,23H2,1H3,(H,24,26)(H,25,27)(H,28,29)/t19-/m0/s1. The Morgan fingerprint density at radius 3 is 1.91 bits per heavy atom. The second-order valence-electron chi connectivity index (χ2n) is 7.40. The molecule has 0 radical (unpaired) electrons. The summed E-state index contributed by atoms with van der Waals surface area (Å²) in [5.74, 6) is -1.35. The Labute approximate surface area is 197 Å². The van der Waals surface area contributed by atoms with Crippen LogP contribution in [-0.4, -0.2) is 94.9 Å². The number of nitrogens with one attached hydrogen (secondary N) is 2. The lowest BCUT2D eigenvalue weighted by Crippen LogP contribution is -2.41. The molecule has 5 N–H and O–H groups in total. The van der Waals surface area contributed by atoms with Gasteiger partial charge < -0.3 is 40.4 Å². The number of aliphatic carboxylic acids is 1. The molecule has 0 saturated heterocycles. The molecule has 0 aliphatic rings. The van der Waals surface area contributed by atoms with Crippen LogP contribution >= 0.6 is 0 Å². The Hall–Kier alpha value is -1.79. The molecule has 2 amide bonds. The molecule has 0 bridgehead atoms. The fraction of sp³-hybridized carbons (Fsp3) is 0.864. The molecule has 0 aromatic carbocycles. The summed E-state index contributed by atoms with van der Waals surface area (Å²) in [6, 6.07) is -0.894. The van der Waals surface area contributed by atoms with Crippen molar-refractivity contribution in [1.82, 2.24) is 10.6 Å². The molecule has 11 heteroatoms. The molecule has 0 aromatic rings. The van der Waals surface area contributed by atoms with Gasteiger partial charge in [0.05, 0.1) is 52.9 Å². The van der Waals surface area contributed by atoms with E-state index in [4.69, 9.17) is 29.8 Å². The molecule has 0 saturated carbocycles. The van der Waals surface area contributed by atoms with Crippen molar-refractivity contribution in [2.75, 3.05) is 65.9 Å². The van der Waals surface area contributed by atoms with Gasteiger partial charge in [0.25, 0.3) is 0 Å². The minimum atomic E-state index is -1.05. The van der Waals surface area contributed by atoms with E-state index in [9.17, 15) is 14.4 Å². The van der Waals surface area contributed by atoms with Crippen molar-refractivity contribution in [2.24, 2.45) is 5.73 Å². The largest absolute Gasteiger partial charge is 0.480 e. The number of carbonyl (C=O) groups is 3. The molecule has 0 aliphatic carbocycles. The molecule has 0 fully saturated rings. The highest BCUT2D eigenvalue weighted by Gasteiger charge is 2.18. The van der Waals surface area contributed by atoms with Gasteiger partial charge in [-0.05, 0) is 32.2 Å². The van der Waals surface area contributed by atoms with Crippen LogP contribution in [0.2, 0.25) is 0 Å². The van der Waals surface area contributed by atoms with Crippen molar-refractivity contribution in [3.63, 3.8) is 0 Å². The highest BCUT2D eigenvalue weighted by atomic mass is 16.6. The fourth-order valence-electron chi connectivity index (χ4n) is 2.63. The Balaban J connectivity index is 3.41. The SMILES string of the molecule is CCCCC(=O)NCCOCCOCCOCCOCCC(=O)N[C@@H](CCCCN)C(=O)O. The summed E-state index contributed by atoms with van der Waals surface area (Å²) in [5.41, 5.74) is 5.39. The van der Waals surface area contributed by atoms with Gasteiger partial charge in [-0.1, -0.05) is 13.3 Å². The first kappa shape index (κ1) is 31.2. The average molecular weight is 478 g/mol. The monoisotopic (exact) mass is 477 g/mol. The quantitative estimate of drug-likeness (QED) is 0.145. The maximum Gasteiger partial charge on any atom is 0.326 e. The number of nitrogens with two attached hydrogens (primary N) is 1. The van der Waals surface area contributed by atoms with Crippen molar-refractivity contribution in [1.29, 1.82) is 0 Å². The van der Waals surface area contributed by atoms with Gasteiger partial charge in [0.15, 0.2) is 0 Å². The van der Waals surface area contributed by atoms with Crippen LogP contribution in [0.1, 0.15) is 51.9 Å². The van der Waals surface area contributed by atoms with Gasteiger partial charge in [-0.15, -0.1) is 0 Å². The first-order valence-corrected chi connectivity index (χ1v) is 11.8. The van der Waals surface area contributed by atoms with Crippen molar-refractivity contribution in [3.8, 4) is 0 Å². The number of carbonyl (C=O) groups excluding carboxylic acids is 2. The van der Waals surface area contributed by atoms with E-state index in [1.165, 1.54) is 0 Å². The van der Waals surface area contributed by atoms with Crippen LogP contribution < -0.4 is 16.4 Å². The van der Waals surface area contributed by atoms with Gasteiger partial charge in [-0.2, -0.15) is 0 Å². The number of ether oxygens (including phenoxy) is 4. The van der Waals surface area contributed by atoms with E-state index in [1.807, 2.05) is 6.92 Å². The molecular formula is C22H43N3O8. The minimum Gasteiger partial charge on any atom is -0.480 e. The molecule has 11 nitrogen and oxygen atoms in total. The summed E-state index contributed by atoms with van der Waals surface area (Å²) in [4.78, 5) is 34.4. The molecule has 0 rings (SSSR count). The van der Waals surface area contributed by atoms with E-state index in [2.05, 4.69) is 10.6 Å². The third-order valence-corrected chi connectivity index (χ3v) is 4.50. The summed E-state index contributed by atoms with van der Waals surface area (Å²) in [7, 11) is 0. The zero-order valence-electron chi connectivity index (χ0n) is 20.0. The molecule has 33 heavy (non-hydrogen) atoms. The van der Waals surface area contributed by atoms with Crippen LogP contribution in [0.3, 0.4) is 0 Å². The number of carboxylic acids is 1. The molecule has 194 valence electrons. The number of unbranched alkanes of at least 4 members (excludes halogenated alkanes) is 2. The van der Waals surface area contributed by atoms with Crippen LogP contribution in [-0.2, 0) is 33.3 Å². The summed E-state index contributed by atoms with van der Waals surface area (Å²) in [5, 5.41) is 14.4. The number of amides is 2. The second-order valence-corrected chi connectivity index (χ2v) is 7.40. The minimum absolute atomic E-state index is 0.0574. The van der Waals surface area contributed by atoms with Gasteiger partial charge in [0, 0.05) is 19.4 Å². The number of carboxylic acid groups (broad SMARTS) is 1. The lowest BCUT2D eigenvalue weighted by Gasteiger charge is -2.14. The number of rotatable bonds is 24. The fourth-order valence-corrected chi connectivity index (χ4v) is 2.63. The summed E-state index contributed by atoms with van der Waals surface area (Å²) in [6.45, 7) is 6.15. The first-order chi connectivity index (χ1) is 16.0. The predicted molar refractivity (Wildman–Crippen MR) is 123 cm³/mol. The highest BCUT2D eigenvalue weighted by Crippen LogP contribution is 2.01. The van der Waals surface area contributed by atoms with E-state index in [-0.39, 0.29) is 24.8 Å². The molecule has 0 aromatic heterocycles. The second kappa shape index (κ2) is 23.4. The van der Waals surface area contributed by atoms with Gasteiger partial charge in [0.2, 0.25) is 11.8 Å². The Morgan fingerprint density at radius 2 is 1.36 bits per heavy atom. The van der Waals surface area contributed by atoms with Crippen molar-refractivity contribution >= 4 is 17.8 Å². The highest BCUT2D eigenvalue weighted by molar-refractivity contribution is 5.83. The van der Waals surface area contributed by atoms with Crippen LogP contribution in [0, 0.1) is 0 Å². The molecular weight excluding hydrogens is 434 g/mol. The zero-order chi connectivity index (χ0) is 24.6. The van der Waals surface area contributed by atoms with Crippen molar-refractivity contribution < 1.29 is 38.4 Å². The maximum absolute atomic E-state index is 11.8. The van der Waals surface area contributed by atoms with Crippen LogP contribution in [0.4, 0.5) is 0 Å². The maximum atomic E-state index is 11.8. The molecule has 0 unspecified atom stereocenters. The Morgan fingerprint density at radius 1 is 0.788 bits per heavy atom. The van der Waals surface area contributed by atoms with Gasteiger partial charge in [-0.3, -0.25) is 9.59 Å². The van der Waals surface area contributed by atoms with Gasteiger partial charge in [-0.25, -0.2) is 4.79 Å². The normalized spacial score (nSPS) is 11.8. The molecule has 0 spiro atoms. The van der Waals surface area contributed by atoms with E-state index in [0.717, 1.165) is 19.3 Å². The summed E-state index contributed by atoms with van der Waals surface area (Å²) >= 11 is 0. The third kappa shape index (κ3) is 21.8. The topological polar surface area (TPSA) is 158 Å². The summed E-state index contributed by atoms with van der Waals surface area (Å²) in [6.07, 6.45) is 4.29. The zero-order valence-corrected chi connectivity index (χ0v) is 20.0. The third-order valence-electron chi connectivity index (χ3n) is 4.50. The lowest BCUT2D eigenvalue weighted by atomic mass is 10.1. The van der Waals surface area contributed by atoms with Gasteiger partial charge >= 0.3 is 5.97 Å². The summed E-state index contributed by atoms with van der Waals surface area (Å²) < 4.78 is 21.4. The average Bonchev–Trinajstić information content (AvgIpc) is 2.79. The van der Waals surface area contributed by atoms with E-state index in [0.29, 0.717) is 78.6 Å². The van der Waals surface area contributed by atoms with Crippen molar-refractivity contribution in [2.45, 2.75) is 57.9 Å². The molecule has 1 atom stereocenters. The first-order valence-electron chi connectivity index (χ1n) is 11.8. The van der Waals surface area contributed by atoms with E-state index >= 15 is 0 Å².